The standard InChI is InChI=1S/C16H16ClN3O3/c1-10-4-3-5-13(19-10)9-22-20-11(2)12-6-7-14(17)15(8-12)23-16(18)21/h3-8H,9H2,1-2H3,(H2,18,21). The summed E-state index contributed by atoms with van der Waals surface area (Å²) in [4.78, 5) is 20.5. The number of benzene rings is 1. The summed E-state index contributed by atoms with van der Waals surface area (Å²) in [6, 6.07) is 10.6. The van der Waals surface area contributed by atoms with Crippen molar-refractivity contribution < 1.29 is 14.4 Å². The average molecular weight is 334 g/mol. The Bertz CT molecular complexity index is 747. The van der Waals surface area contributed by atoms with E-state index in [-0.39, 0.29) is 17.4 Å². The molecule has 0 spiro atoms. The number of oxime groups is 1. The Balaban J connectivity index is 2.07. The quantitative estimate of drug-likeness (QED) is 0.670. The summed E-state index contributed by atoms with van der Waals surface area (Å²) in [5.74, 6) is 0.173. The number of pyridine rings is 1. The summed E-state index contributed by atoms with van der Waals surface area (Å²) in [7, 11) is 0. The number of primary amides is 1. The first-order valence-corrected chi connectivity index (χ1v) is 7.20. The minimum Gasteiger partial charge on any atom is -0.409 e. The maximum atomic E-state index is 10.8. The molecule has 6 nitrogen and oxygen atoms in total. The van der Waals surface area contributed by atoms with Crippen LogP contribution >= 0.6 is 11.6 Å². The number of hydrogen-bond donors (Lipinski definition) is 1. The second-order valence-corrected chi connectivity index (χ2v) is 5.19. The van der Waals surface area contributed by atoms with Crippen molar-refractivity contribution in [3.05, 3.63) is 58.4 Å². The lowest BCUT2D eigenvalue weighted by molar-refractivity contribution is 0.127. The van der Waals surface area contributed by atoms with Gasteiger partial charge in [0.1, 0.15) is 0 Å². The van der Waals surface area contributed by atoms with E-state index in [9.17, 15) is 4.79 Å². The number of carbonyl (C=O) groups excluding carboxylic acids is 1. The lowest BCUT2D eigenvalue weighted by atomic mass is 10.1. The second kappa shape index (κ2) is 7.60. The highest BCUT2D eigenvalue weighted by atomic mass is 35.5. The Kier molecular flexibility index (Phi) is 5.54. The van der Waals surface area contributed by atoms with Gasteiger partial charge in [-0.2, -0.15) is 0 Å². The van der Waals surface area contributed by atoms with Gasteiger partial charge in [-0.1, -0.05) is 28.9 Å². The number of aromatic nitrogens is 1. The van der Waals surface area contributed by atoms with Crippen LogP contribution in [0.25, 0.3) is 0 Å². The molecule has 1 heterocycles. The molecule has 0 saturated carbocycles. The van der Waals surface area contributed by atoms with Gasteiger partial charge in [0.05, 0.1) is 16.4 Å². The normalized spacial score (nSPS) is 11.2. The number of rotatable bonds is 5. The van der Waals surface area contributed by atoms with Gasteiger partial charge in [-0.3, -0.25) is 4.98 Å². The molecular weight excluding hydrogens is 318 g/mol. The fourth-order valence-electron chi connectivity index (χ4n) is 1.84. The Morgan fingerprint density at radius 3 is 2.83 bits per heavy atom. The van der Waals surface area contributed by atoms with Gasteiger partial charge in [0.15, 0.2) is 12.4 Å². The predicted molar refractivity (Wildman–Crippen MR) is 87.6 cm³/mol. The van der Waals surface area contributed by atoms with Gasteiger partial charge in [-0.15, -0.1) is 0 Å². The molecule has 23 heavy (non-hydrogen) atoms. The maximum absolute atomic E-state index is 10.8. The summed E-state index contributed by atoms with van der Waals surface area (Å²) in [6.07, 6.45) is -0.930. The summed E-state index contributed by atoms with van der Waals surface area (Å²) < 4.78 is 4.82. The zero-order chi connectivity index (χ0) is 16.8. The molecular formula is C16H16ClN3O3. The third kappa shape index (κ3) is 4.96. The third-order valence-corrected chi connectivity index (χ3v) is 3.23. The van der Waals surface area contributed by atoms with E-state index < -0.39 is 6.09 Å². The number of aryl methyl sites for hydroxylation is 1. The first-order chi connectivity index (χ1) is 11.0. The largest absolute Gasteiger partial charge is 0.410 e. The molecule has 0 aliphatic carbocycles. The van der Waals surface area contributed by atoms with Crippen molar-refractivity contribution in [3.63, 3.8) is 0 Å². The number of carbonyl (C=O) groups is 1. The van der Waals surface area contributed by atoms with Crippen LogP contribution < -0.4 is 10.5 Å². The zero-order valence-corrected chi connectivity index (χ0v) is 13.5. The molecule has 120 valence electrons. The number of hydrogen-bond acceptors (Lipinski definition) is 5. The minimum atomic E-state index is -0.930. The van der Waals surface area contributed by atoms with Crippen molar-refractivity contribution in [3.8, 4) is 5.75 Å². The molecule has 0 aliphatic rings. The van der Waals surface area contributed by atoms with E-state index in [2.05, 4.69) is 10.1 Å². The number of nitrogens with zero attached hydrogens (tertiary/aromatic N) is 2. The highest BCUT2D eigenvalue weighted by Gasteiger charge is 2.08. The molecule has 0 saturated heterocycles. The average Bonchev–Trinajstić information content (AvgIpc) is 2.49. The van der Waals surface area contributed by atoms with Crippen molar-refractivity contribution in [1.82, 2.24) is 4.98 Å². The maximum Gasteiger partial charge on any atom is 0.410 e. The molecule has 0 bridgehead atoms. The monoisotopic (exact) mass is 333 g/mol. The van der Waals surface area contributed by atoms with Gasteiger partial charge >= 0.3 is 6.09 Å². The van der Waals surface area contributed by atoms with E-state index in [4.69, 9.17) is 26.9 Å². The van der Waals surface area contributed by atoms with Crippen molar-refractivity contribution in [2.75, 3.05) is 0 Å². The van der Waals surface area contributed by atoms with Gasteiger partial charge in [0, 0.05) is 11.3 Å². The van der Waals surface area contributed by atoms with E-state index in [0.717, 1.165) is 11.4 Å². The summed E-state index contributed by atoms with van der Waals surface area (Å²) in [5, 5.41) is 4.31. The lowest BCUT2D eigenvalue weighted by Crippen LogP contribution is -2.16. The van der Waals surface area contributed by atoms with Crippen LogP contribution in [0.5, 0.6) is 5.75 Å². The molecule has 7 heteroatoms. The molecule has 2 aromatic rings. The summed E-state index contributed by atoms with van der Waals surface area (Å²) >= 11 is 5.93. The highest BCUT2D eigenvalue weighted by molar-refractivity contribution is 6.32. The van der Waals surface area contributed by atoms with Gasteiger partial charge < -0.3 is 15.3 Å². The first-order valence-electron chi connectivity index (χ1n) is 6.82. The SMILES string of the molecule is CC(=NOCc1cccc(C)n1)c1ccc(Cl)c(OC(N)=O)c1. The van der Waals surface area contributed by atoms with E-state index >= 15 is 0 Å². The fourth-order valence-corrected chi connectivity index (χ4v) is 2.00. The van der Waals surface area contributed by atoms with Crippen LogP contribution in [0.15, 0.2) is 41.6 Å². The Morgan fingerprint density at radius 2 is 2.13 bits per heavy atom. The van der Waals surface area contributed by atoms with Crippen LogP contribution in [0.4, 0.5) is 4.79 Å². The topological polar surface area (TPSA) is 86.8 Å². The van der Waals surface area contributed by atoms with Gasteiger partial charge in [-0.05, 0) is 38.1 Å². The number of nitrogens with two attached hydrogens (primary N) is 1. The summed E-state index contributed by atoms with van der Waals surface area (Å²) in [6.45, 7) is 3.93. The minimum absolute atomic E-state index is 0.173. The van der Waals surface area contributed by atoms with E-state index in [1.807, 2.05) is 25.1 Å². The van der Waals surface area contributed by atoms with Crippen LogP contribution in [-0.2, 0) is 11.4 Å². The first kappa shape index (κ1) is 16.8. The molecule has 0 fully saturated rings. The van der Waals surface area contributed by atoms with Gasteiger partial charge in [-0.25, -0.2) is 4.79 Å². The van der Waals surface area contributed by atoms with Crippen molar-refractivity contribution >= 4 is 23.4 Å². The van der Waals surface area contributed by atoms with Crippen LogP contribution in [0.1, 0.15) is 23.9 Å². The van der Waals surface area contributed by atoms with Crippen LogP contribution in [0.2, 0.25) is 5.02 Å². The Labute approximate surface area is 138 Å². The Morgan fingerprint density at radius 1 is 1.35 bits per heavy atom. The molecule has 1 amide bonds. The fraction of sp³-hybridized carbons (Fsp3) is 0.188. The zero-order valence-electron chi connectivity index (χ0n) is 12.7. The van der Waals surface area contributed by atoms with Gasteiger partial charge in [0.25, 0.3) is 0 Å². The highest BCUT2D eigenvalue weighted by Crippen LogP contribution is 2.26. The molecule has 2 N–H and O–H groups in total. The molecule has 0 radical (unpaired) electrons. The molecule has 1 aromatic heterocycles. The second-order valence-electron chi connectivity index (χ2n) is 4.79. The van der Waals surface area contributed by atoms with Crippen LogP contribution in [0.3, 0.4) is 0 Å². The van der Waals surface area contributed by atoms with E-state index in [1.165, 1.54) is 0 Å². The predicted octanol–water partition coefficient (Wildman–Crippen LogP) is 3.44. The van der Waals surface area contributed by atoms with Crippen LogP contribution in [-0.4, -0.2) is 16.8 Å². The molecule has 0 atom stereocenters. The number of halogens is 1. The van der Waals surface area contributed by atoms with Crippen molar-refractivity contribution in [2.45, 2.75) is 20.5 Å². The van der Waals surface area contributed by atoms with Crippen LogP contribution in [0, 0.1) is 6.92 Å². The van der Waals surface area contributed by atoms with Gasteiger partial charge in [0.2, 0.25) is 0 Å². The van der Waals surface area contributed by atoms with Crippen molar-refractivity contribution in [2.24, 2.45) is 10.9 Å². The lowest BCUT2D eigenvalue weighted by Gasteiger charge is -2.07. The molecule has 2 rings (SSSR count). The number of ether oxygens (including phenoxy) is 1. The van der Waals surface area contributed by atoms with Crippen molar-refractivity contribution in [1.29, 1.82) is 0 Å². The summed E-state index contributed by atoms with van der Waals surface area (Å²) in [5.41, 5.74) is 7.99. The van der Waals surface area contributed by atoms with E-state index in [1.54, 1.807) is 25.1 Å². The van der Waals surface area contributed by atoms with E-state index in [0.29, 0.717) is 11.3 Å². The molecule has 0 aliphatic heterocycles. The molecule has 1 aromatic carbocycles. The number of amides is 1. The third-order valence-electron chi connectivity index (χ3n) is 2.92. The Hall–Kier alpha value is -2.60. The smallest absolute Gasteiger partial charge is 0.409 e. The molecule has 0 unspecified atom stereocenters.